The molecule has 0 aromatic carbocycles. The second-order valence-electron chi connectivity index (χ2n) is 5.02. The lowest BCUT2D eigenvalue weighted by Crippen LogP contribution is -2.51. The number of carbonyl (C=O) groups is 2. The Balaban J connectivity index is 2.20. The first kappa shape index (κ1) is 13.8. The molecule has 0 bridgehead atoms. The van der Waals surface area contributed by atoms with Gasteiger partial charge in [0.05, 0.1) is 0 Å². The van der Waals surface area contributed by atoms with Crippen LogP contribution in [0.2, 0.25) is 0 Å². The Labute approximate surface area is 112 Å². The number of hydrogen-bond acceptors (Lipinski definition) is 3. The molecule has 104 valence electrons. The quantitative estimate of drug-likeness (QED) is 0.795. The van der Waals surface area contributed by atoms with Gasteiger partial charge in [-0.15, -0.1) is 0 Å². The molecule has 1 fully saturated rings. The Morgan fingerprint density at radius 1 is 1.47 bits per heavy atom. The molecule has 0 radical (unpaired) electrons. The molecule has 5 heteroatoms. The topological polar surface area (TPSA) is 49.4 Å². The van der Waals surface area contributed by atoms with Crippen molar-refractivity contribution in [1.29, 1.82) is 0 Å². The Morgan fingerprint density at radius 3 is 2.84 bits per heavy atom. The van der Waals surface area contributed by atoms with Gasteiger partial charge in [0.15, 0.2) is 0 Å². The molecule has 0 aromatic heterocycles. The maximum Gasteiger partial charge on any atom is 0.249 e. The van der Waals surface area contributed by atoms with Crippen LogP contribution in [0.3, 0.4) is 0 Å². The second-order valence-corrected chi connectivity index (χ2v) is 5.02. The summed E-state index contributed by atoms with van der Waals surface area (Å²) in [5, 5.41) is 2.35. The smallest absolute Gasteiger partial charge is 0.249 e. The van der Waals surface area contributed by atoms with Crippen molar-refractivity contribution in [1.82, 2.24) is 10.2 Å². The minimum Gasteiger partial charge on any atom is -0.359 e. The van der Waals surface area contributed by atoms with Crippen LogP contribution in [0.15, 0.2) is 23.2 Å². The molecule has 1 atom stereocenters. The Bertz CT molecular complexity index is 468. The fourth-order valence-corrected chi connectivity index (χ4v) is 2.54. The maximum absolute atomic E-state index is 13.5. The molecule has 0 aliphatic carbocycles. The maximum atomic E-state index is 13.5. The zero-order valence-corrected chi connectivity index (χ0v) is 11.3. The Morgan fingerprint density at radius 2 is 2.21 bits per heavy atom. The van der Waals surface area contributed by atoms with E-state index in [-0.39, 0.29) is 23.7 Å². The molecule has 0 spiro atoms. The summed E-state index contributed by atoms with van der Waals surface area (Å²) in [6.45, 7) is 4.43. The average molecular weight is 266 g/mol. The van der Waals surface area contributed by atoms with E-state index >= 15 is 0 Å². The van der Waals surface area contributed by atoms with Crippen molar-refractivity contribution in [2.24, 2.45) is 0 Å². The number of carbonyl (C=O) groups excluding carboxylic acids is 2. The predicted molar refractivity (Wildman–Crippen MR) is 69.7 cm³/mol. The van der Waals surface area contributed by atoms with Gasteiger partial charge in [0, 0.05) is 18.7 Å². The first-order valence-corrected chi connectivity index (χ1v) is 6.69. The van der Waals surface area contributed by atoms with Crippen molar-refractivity contribution in [2.75, 3.05) is 6.54 Å². The van der Waals surface area contributed by atoms with Gasteiger partial charge in [0.1, 0.15) is 11.9 Å². The van der Waals surface area contributed by atoms with Crippen molar-refractivity contribution >= 4 is 11.8 Å². The van der Waals surface area contributed by atoms with Gasteiger partial charge in [-0.05, 0) is 37.8 Å². The number of amides is 2. The van der Waals surface area contributed by atoms with Crippen LogP contribution in [-0.2, 0) is 9.59 Å². The van der Waals surface area contributed by atoms with E-state index in [0.29, 0.717) is 25.8 Å². The largest absolute Gasteiger partial charge is 0.359 e. The fraction of sp³-hybridized carbons (Fsp3) is 0.571. The highest BCUT2D eigenvalue weighted by atomic mass is 19.1. The van der Waals surface area contributed by atoms with Gasteiger partial charge in [-0.1, -0.05) is 6.92 Å². The number of nitrogens with zero attached hydrogens (tertiary/aromatic N) is 1. The van der Waals surface area contributed by atoms with E-state index < -0.39 is 0 Å². The zero-order chi connectivity index (χ0) is 14.0. The van der Waals surface area contributed by atoms with Gasteiger partial charge in [0.25, 0.3) is 0 Å². The number of rotatable bonds is 3. The number of allylic oxidation sites excluding steroid dienone is 2. The molecule has 2 amide bonds. The lowest BCUT2D eigenvalue weighted by atomic mass is 10.0. The summed E-state index contributed by atoms with van der Waals surface area (Å²) >= 11 is 0. The molecule has 1 N–H and O–H groups in total. The molecule has 19 heavy (non-hydrogen) atoms. The van der Waals surface area contributed by atoms with Gasteiger partial charge >= 0.3 is 0 Å². The number of nitrogens with one attached hydrogen (secondary N) is 1. The lowest BCUT2D eigenvalue weighted by Gasteiger charge is -2.32. The molecular formula is C14H19FN2O2. The van der Waals surface area contributed by atoms with Crippen LogP contribution in [-0.4, -0.2) is 29.3 Å². The van der Waals surface area contributed by atoms with E-state index in [1.807, 2.05) is 11.8 Å². The molecule has 2 heterocycles. The molecule has 0 aromatic rings. The Kier molecular flexibility index (Phi) is 4.02. The van der Waals surface area contributed by atoms with Crippen LogP contribution < -0.4 is 5.32 Å². The van der Waals surface area contributed by atoms with Crippen LogP contribution >= 0.6 is 0 Å². The van der Waals surface area contributed by atoms with E-state index in [9.17, 15) is 14.0 Å². The van der Waals surface area contributed by atoms with Crippen molar-refractivity contribution < 1.29 is 14.0 Å². The summed E-state index contributed by atoms with van der Waals surface area (Å²) in [7, 11) is 0. The second kappa shape index (κ2) is 5.55. The highest BCUT2D eigenvalue weighted by molar-refractivity contribution is 6.00. The van der Waals surface area contributed by atoms with Gasteiger partial charge < -0.3 is 4.90 Å². The van der Waals surface area contributed by atoms with E-state index in [0.717, 1.165) is 17.7 Å². The predicted octanol–water partition coefficient (Wildman–Crippen LogP) is 2.03. The molecule has 0 saturated carbocycles. The SMILES string of the molecule is CC/C(F)=C\C1=C(C)CCN1C1CCC(=O)NC1=O. The molecular weight excluding hydrogens is 247 g/mol. The average Bonchev–Trinajstić information content (AvgIpc) is 2.71. The standard InChI is InChI=1S/C14H19FN2O2/c1-3-10(15)8-12-9(2)6-7-17(12)11-4-5-13(18)16-14(11)19/h8,11H,3-7H2,1-2H3,(H,16,18,19)/b10-8+. The van der Waals surface area contributed by atoms with Gasteiger partial charge in [0.2, 0.25) is 11.8 Å². The number of piperidine rings is 1. The number of imide groups is 1. The molecule has 4 nitrogen and oxygen atoms in total. The summed E-state index contributed by atoms with van der Waals surface area (Å²) in [5.74, 6) is -0.680. The van der Waals surface area contributed by atoms with Crippen LogP contribution in [0.5, 0.6) is 0 Å². The van der Waals surface area contributed by atoms with Gasteiger partial charge in [-0.2, -0.15) is 0 Å². The monoisotopic (exact) mass is 266 g/mol. The number of hydrogen-bond donors (Lipinski definition) is 1. The highest BCUT2D eigenvalue weighted by Crippen LogP contribution is 2.29. The molecule has 2 aliphatic heterocycles. The van der Waals surface area contributed by atoms with Crippen LogP contribution in [0.1, 0.15) is 39.5 Å². The van der Waals surface area contributed by atoms with Crippen LogP contribution in [0.25, 0.3) is 0 Å². The third-order valence-corrected chi connectivity index (χ3v) is 3.69. The van der Waals surface area contributed by atoms with Gasteiger partial charge in [-0.3, -0.25) is 14.9 Å². The fourth-order valence-electron chi connectivity index (χ4n) is 2.54. The van der Waals surface area contributed by atoms with E-state index in [4.69, 9.17) is 0 Å². The minimum absolute atomic E-state index is 0.187. The first-order valence-electron chi connectivity index (χ1n) is 6.69. The first-order chi connectivity index (χ1) is 9.02. The van der Waals surface area contributed by atoms with Crippen molar-refractivity contribution in [3.8, 4) is 0 Å². The van der Waals surface area contributed by atoms with E-state index in [1.165, 1.54) is 6.08 Å². The van der Waals surface area contributed by atoms with E-state index in [2.05, 4.69) is 5.32 Å². The molecule has 2 aliphatic rings. The van der Waals surface area contributed by atoms with Crippen molar-refractivity contribution in [3.63, 3.8) is 0 Å². The third-order valence-electron chi connectivity index (χ3n) is 3.69. The van der Waals surface area contributed by atoms with Gasteiger partial charge in [-0.25, -0.2) is 4.39 Å². The van der Waals surface area contributed by atoms with Crippen molar-refractivity contribution in [3.05, 3.63) is 23.2 Å². The summed E-state index contributed by atoms with van der Waals surface area (Å²) in [5.41, 5.74) is 1.89. The summed E-state index contributed by atoms with van der Waals surface area (Å²) < 4.78 is 13.5. The van der Waals surface area contributed by atoms with Crippen molar-refractivity contribution in [2.45, 2.75) is 45.6 Å². The zero-order valence-electron chi connectivity index (χ0n) is 11.3. The summed E-state index contributed by atoms with van der Waals surface area (Å²) in [4.78, 5) is 25.0. The third kappa shape index (κ3) is 2.85. The molecule has 1 saturated heterocycles. The molecule has 1 unspecified atom stereocenters. The normalized spacial score (nSPS) is 25.1. The summed E-state index contributed by atoms with van der Waals surface area (Å²) in [6.07, 6.45) is 3.55. The lowest BCUT2D eigenvalue weighted by molar-refractivity contribution is -0.136. The molecule has 2 rings (SSSR count). The Hall–Kier alpha value is -1.65. The van der Waals surface area contributed by atoms with Crippen LogP contribution in [0, 0.1) is 0 Å². The summed E-state index contributed by atoms with van der Waals surface area (Å²) in [6, 6.07) is -0.356. The number of halogens is 1. The highest BCUT2D eigenvalue weighted by Gasteiger charge is 2.34. The van der Waals surface area contributed by atoms with Crippen LogP contribution in [0.4, 0.5) is 4.39 Å². The van der Waals surface area contributed by atoms with E-state index in [1.54, 1.807) is 6.92 Å². The minimum atomic E-state index is -0.356.